The van der Waals surface area contributed by atoms with Crippen LogP contribution in [0.3, 0.4) is 0 Å². The predicted molar refractivity (Wildman–Crippen MR) is 77.8 cm³/mol. The third-order valence-electron chi connectivity index (χ3n) is 3.20. The maximum atomic E-state index is 12.0. The molecule has 1 fully saturated rings. The standard InChI is InChI=1S/C14H20N4O2/c1-18(2)14(20)17-12-5-3-4-11(6-12)13(19)16-9-10-7-15-8-10/h3-6,10,15H,7-9H2,1-2H3,(H,16,19)(H,17,20). The highest BCUT2D eigenvalue weighted by atomic mass is 16.2. The van der Waals surface area contributed by atoms with E-state index in [-0.39, 0.29) is 11.9 Å². The van der Waals surface area contributed by atoms with Crippen molar-refractivity contribution in [2.24, 2.45) is 5.92 Å². The smallest absolute Gasteiger partial charge is 0.321 e. The van der Waals surface area contributed by atoms with Gasteiger partial charge in [0.2, 0.25) is 0 Å². The Morgan fingerprint density at radius 1 is 1.35 bits per heavy atom. The average Bonchev–Trinajstić information content (AvgIpc) is 2.37. The van der Waals surface area contributed by atoms with E-state index in [0.717, 1.165) is 13.1 Å². The van der Waals surface area contributed by atoms with Crippen molar-refractivity contribution in [3.05, 3.63) is 29.8 Å². The maximum Gasteiger partial charge on any atom is 0.321 e. The molecule has 0 radical (unpaired) electrons. The Morgan fingerprint density at radius 2 is 2.10 bits per heavy atom. The number of carbonyl (C=O) groups is 2. The van der Waals surface area contributed by atoms with Gasteiger partial charge in [-0.25, -0.2) is 4.79 Å². The first-order chi connectivity index (χ1) is 9.56. The first kappa shape index (κ1) is 14.3. The summed E-state index contributed by atoms with van der Waals surface area (Å²) >= 11 is 0. The summed E-state index contributed by atoms with van der Waals surface area (Å²) in [6.45, 7) is 2.60. The molecule has 1 aromatic carbocycles. The van der Waals surface area contributed by atoms with E-state index in [2.05, 4.69) is 16.0 Å². The highest BCUT2D eigenvalue weighted by molar-refractivity contribution is 5.96. The van der Waals surface area contributed by atoms with Crippen molar-refractivity contribution < 1.29 is 9.59 Å². The van der Waals surface area contributed by atoms with E-state index < -0.39 is 0 Å². The van der Waals surface area contributed by atoms with Crippen LogP contribution in [-0.4, -0.2) is 50.6 Å². The second-order valence-electron chi connectivity index (χ2n) is 5.14. The van der Waals surface area contributed by atoms with E-state index in [1.165, 1.54) is 4.90 Å². The summed E-state index contributed by atoms with van der Waals surface area (Å²) in [5, 5.41) is 8.79. The largest absolute Gasteiger partial charge is 0.352 e. The van der Waals surface area contributed by atoms with Crippen LogP contribution in [0.15, 0.2) is 24.3 Å². The van der Waals surface area contributed by atoms with Crippen molar-refractivity contribution in [3.63, 3.8) is 0 Å². The summed E-state index contributed by atoms with van der Waals surface area (Å²) in [7, 11) is 3.33. The first-order valence-electron chi connectivity index (χ1n) is 6.63. The summed E-state index contributed by atoms with van der Waals surface area (Å²) in [6.07, 6.45) is 0. The number of nitrogens with zero attached hydrogens (tertiary/aromatic N) is 1. The normalized spacial score (nSPS) is 14.3. The van der Waals surface area contributed by atoms with Gasteiger partial charge < -0.3 is 20.9 Å². The summed E-state index contributed by atoms with van der Waals surface area (Å²) in [6, 6.07) is 6.71. The van der Waals surface area contributed by atoms with Gasteiger partial charge in [0.1, 0.15) is 0 Å². The van der Waals surface area contributed by atoms with Crippen LogP contribution in [0.25, 0.3) is 0 Å². The monoisotopic (exact) mass is 276 g/mol. The molecule has 0 aliphatic carbocycles. The molecule has 1 saturated heterocycles. The van der Waals surface area contributed by atoms with Crippen molar-refractivity contribution in [2.75, 3.05) is 39.0 Å². The van der Waals surface area contributed by atoms with Gasteiger partial charge in [-0.2, -0.15) is 0 Å². The van der Waals surface area contributed by atoms with Crippen LogP contribution < -0.4 is 16.0 Å². The van der Waals surface area contributed by atoms with Crippen molar-refractivity contribution >= 4 is 17.6 Å². The number of hydrogen-bond donors (Lipinski definition) is 3. The molecule has 1 aliphatic heterocycles. The number of urea groups is 1. The van der Waals surface area contributed by atoms with Gasteiger partial charge >= 0.3 is 6.03 Å². The average molecular weight is 276 g/mol. The van der Waals surface area contributed by atoms with Gasteiger partial charge in [0, 0.05) is 50.9 Å². The summed E-state index contributed by atoms with van der Waals surface area (Å²) in [5.74, 6) is 0.411. The number of hydrogen-bond acceptors (Lipinski definition) is 3. The third-order valence-corrected chi connectivity index (χ3v) is 3.20. The third kappa shape index (κ3) is 3.71. The Bertz CT molecular complexity index is 498. The van der Waals surface area contributed by atoms with Gasteiger partial charge in [-0.15, -0.1) is 0 Å². The highest BCUT2D eigenvalue weighted by Crippen LogP contribution is 2.11. The summed E-state index contributed by atoms with van der Waals surface area (Å²) in [4.78, 5) is 25.0. The summed E-state index contributed by atoms with van der Waals surface area (Å²) in [5.41, 5.74) is 1.16. The van der Waals surface area contributed by atoms with E-state index in [0.29, 0.717) is 23.7 Å². The number of anilines is 1. The second-order valence-corrected chi connectivity index (χ2v) is 5.14. The van der Waals surface area contributed by atoms with Crippen LogP contribution in [-0.2, 0) is 0 Å². The molecular weight excluding hydrogens is 256 g/mol. The Labute approximate surface area is 118 Å². The second kappa shape index (κ2) is 6.38. The Kier molecular flexibility index (Phi) is 4.57. The molecule has 0 spiro atoms. The minimum atomic E-state index is -0.219. The molecule has 0 atom stereocenters. The molecule has 20 heavy (non-hydrogen) atoms. The molecule has 6 heteroatoms. The van der Waals surface area contributed by atoms with Crippen LogP contribution >= 0.6 is 0 Å². The molecule has 2 rings (SSSR count). The number of nitrogens with one attached hydrogen (secondary N) is 3. The quantitative estimate of drug-likeness (QED) is 0.759. The molecule has 3 amide bonds. The Hall–Kier alpha value is -2.08. The minimum Gasteiger partial charge on any atom is -0.352 e. The lowest BCUT2D eigenvalue weighted by atomic mass is 10.0. The van der Waals surface area contributed by atoms with Crippen LogP contribution in [0, 0.1) is 5.92 Å². The maximum absolute atomic E-state index is 12.0. The zero-order chi connectivity index (χ0) is 14.5. The molecule has 1 aromatic rings. The fraction of sp³-hybridized carbons (Fsp3) is 0.429. The van der Waals surface area contributed by atoms with E-state index in [9.17, 15) is 9.59 Å². The van der Waals surface area contributed by atoms with Gasteiger partial charge in [-0.1, -0.05) is 6.07 Å². The summed E-state index contributed by atoms with van der Waals surface area (Å²) < 4.78 is 0. The van der Waals surface area contributed by atoms with Gasteiger partial charge in [-0.3, -0.25) is 4.79 Å². The predicted octanol–water partition coefficient (Wildman–Crippen LogP) is 0.729. The van der Waals surface area contributed by atoms with Gasteiger partial charge in [0.25, 0.3) is 5.91 Å². The lowest BCUT2D eigenvalue weighted by Gasteiger charge is -2.27. The van der Waals surface area contributed by atoms with Gasteiger partial charge in [-0.05, 0) is 18.2 Å². The molecule has 6 nitrogen and oxygen atoms in total. The molecule has 3 N–H and O–H groups in total. The molecule has 0 unspecified atom stereocenters. The van der Waals surface area contributed by atoms with Crippen molar-refractivity contribution in [2.45, 2.75) is 0 Å². The van der Waals surface area contributed by atoms with Crippen molar-refractivity contribution in [1.29, 1.82) is 0 Å². The Morgan fingerprint density at radius 3 is 2.70 bits per heavy atom. The van der Waals surface area contributed by atoms with E-state index >= 15 is 0 Å². The lowest BCUT2D eigenvalue weighted by molar-refractivity contribution is 0.0942. The minimum absolute atomic E-state index is 0.113. The lowest BCUT2D eigenvalue weighted by Crippen LogP contribution is -2.48. The molecule has 0 aromatic heterocycles. The molecule has 1 heterocycles. The van der Waals surface area contributed by atoms with Crippen molar-refractivity contribution in [3.8, 4) is 0 Å². The van der Waals surface area contributed by atoms with E-state index in [1.54, 1.807) is 38.4 Å². The van der Waals surface area contributed by atoms with Crippen LogP contribution in [0.2, 0.25) is 0 Å². The van der Waals surface area contributed by atoms with Crippen LogP contribution in [0.5, 0.6) is 0 Å². The topological polar surface area (TPSA) is 73.5 Å². The number of amides is 3. The van der Waals surface area contributed by atoms with Crippen LogP contribution in [0.4, 0.5) is 10.5 Å². The van der Waals surface area contributed by atoms with Crippen LogP contribution in [0.1, 0.15) is 10.4 Å². The van der Waals surface area contributed by atoms with Crippen molar-refractivity contribution in [1.82, 2.24) is 15.5 Å². The molecule has 1 aliphatic rings. The number of carbonyl (C=O) groups excluding carboxylic acids is 2. The zero-order valence-corrected chi connectivity index (χ0v) is 11.8. The zero-order valence-electron chi connectivity index (χ0n) is 11.8. The Balaban J connectivity index is 1.93. The van der Waals surface area contributed by atoms with E-state index in [1.807, 2.05) is 0 Å². The number of rotatable bonds is 4. The molecular formula is C14H20N4O2. The molecule has 108 valence electrons. The number of benzene rings is 1. The fourth-order valence-corrected chi connectivity index (χ4v) is 1.81. The van der Waals surface area contributed by atoms with E-state index in [4.69, 9.17) is 0 Å². The van der Waals surface area contributed by atoms with Gasteiger partial charge in [0.15, 0.2) is 0 Å². The molecule has 0 bridgehead atoms. The molecule has 0 saturated carbocycles. The highest BCUT2D eigenvalue weighted by Gasteiger charge is 2.17. The van der Waals surface area contributed by atoms with Gasteiger partial charge in [0.05, 0.1) is 0 Å². The SMILES string of the molecule is CN(C)C(=O)Nc1cccc(C(=O)NCC2CNC2)c1. The first-order valence-corrected chi connectivity index (χ1v) is 6.63. The fourth-order valence-electron chi connectivity index (χ4n) is 1.81.